The predicted molar refractivity (Wildman–Crippen MR) is 60.8 cm³/mol. The molecule has 1 fully saturated rings. The summed E-state index contributed by atoms with van der Waals surface area (Å²) in [5, 5.41) is 26.7. The Labute approximate surface area is 104 Å². The van der Waals surface area contributed by atoms with Crippen LogP contribution in [0.1, 0.15) is 5.37 Å². The van der Waals surface area contributed by atoms with E-state index in [0.717, 1.165) is 16.3 Å². The van der Waals surface area contributed by atoms with Gasteiger partial charge in [-0.2, -0.15) is 4.39 Å². The maximum atomic E-state index is 13.1. The van der Waals surface area contributed by atoms with E-state index < -0.39 is 39.9 Å². The monoisotopic (exact) mass is 278 g/mol. The Bertz CT molecular complexity index is 559. The standard InChI is InChI=1S/C9H11FN2O5S/c10-3-1-12(9(17)11-7(3)16)8-6(15)5(14)4(2-13)18-8/h1,4-6,8,13-15H,2H2,(H,11,16,17)/t4-,5-,6-,8-/m1/s1. The summed E-state index contributed by atoms with van der Waals surface area (Å²) in [6.45, 7) is -0.389. The molecule has 0 spiro atoms. The van der Waals surface area contributed by atoms with Crippen molar-refractivity contribution in [2.24, 2.45) is 0 Å². The molecule has 2 heterocycles. The van der Waals surface area contributed by atoms with E-state index in [2.05, 4.69) is 0 Å². The molecular formula is C9H11FN2O5S. The van der Waals surface area contributed by atoms with Crippen molar-refractivity contribution in [3.8, 4) is 0 Å². The molecule has 1 aromatic heterocycles. The summed E-state index contributed by atoms with van der Waals surface area (Å²) in [4.78, 5) is 24.1. The van der Waals surface area contributed by atoms with Gasteiger partial charge in [-0.3, -0.25) is 14.3 Å². The maximum Gasteiger partial charge on any atom is 0.329 e. The predicted octanol–water partition coefficient (Wildman–Crippen LogP) is -2.00. The summed E-state index contributed by atoms with van der Waals surface area (Å²) in [5.41, 5.74) is -2.03. The summed E-state index contributed by atoms with van der Waals surface area (Å²) < 4.78 is 13.9. The molecule has 0 aliphatic carbocycles. The first-order valence-corrected chi connectivity index (χ1v) is 6.03. The van der Waals surface area contributed by atoms with Crippen molar-refractivity contribution in [2.45, 2.75) is 22.8 Å². The second kappa shape index (κ2) is 4.84. The highest BCUT2D eigenvalue weighted by Gasteiger charge is 2.43. The Morgan fingerprint density at radius 2 is 2.06 bits per heavy atom. The van der Waals surface area contributed by atoms with Gasteiger partial charge in [-0.15, -0.1) is 11.8 Å². The number of nitrogens with zero attached hydrogens (tertiary/aromatic N) is 1. The van der Waals surface area contributed by atoms with Crippen LogP contribution in [0.5, 0.6) is 0 Å². The van der Waals surface area contributed by atoms with Crippen LogP contribution in [-0.4, -0.2) is 48.9 Å². The fourth-order valence-electron chi connectivity index (χ4n) is 1.76. The molecule has 0 bridgehead atoms. The number of aliphatic hydroxyl groups is 3. The molecule has 7 nitrogen and oxygen atoms in total. The minimum Gasteiger partial charge on any atom is -0.395 e. The van der Waals surface area contributed by atoms with Crippen LogP contribution < -0.4 is 11.2 Å². The highest BCUT2D eigenvalue weighted by atomic mass is 32.2. The minimum atomic E-state index is -1.34. The first kappa shape index (κ1) is 13.3. The molecule has 18 heavy (non-hydrogen) atoms. The van der Waals surface area contributed by atoms with E-state index in [4.69, 9.17) is 5.11 Å². The average Bonchev–Trinajstić information content (AvgIpc) is 2.61. The lowest BCUT2D eigenvalue weighted by molar-refractivity contribution is 0.00997. The molecule has 1 aliphatic rings. The van der Waals surface area contributed by atoms with E-state index in [1.807, 2.05) is 0 Å². The van der Waals surface area contributed by atoms with Crippen LogP contribution in [0, 0.1) is 5.82 Å². The van der Waals surface area contributed by atoms with Crippen molar-refractivity contribution in [1.29, 1.82) is 0 Å². The number of thioether (sulfide) groups is 1. The van der Waals surface area contributed by atoms with Gasteiger partial charge in [0.15, 0.2) is 0 Å². The third-order valence-corrected chi connectivity index (χ3v) is 4.28. The van der Waals surface area contributed by atoms with Crippen LogP contribution in [0.4, 0.5) is 4.39 Å². The van der Waals surface area contributed by atoms with Gasteiger partial charge in [0.1, 0.15) is 11.5 Å². The SMILES string of the molecule is O=c1[nH]c(=O)n([C@@H]2S[C@H](CO)[C@@H](O)[C@H]2O)cc1F. The van der Waals surface area contributed by atoms with Gasteiger partial charge < -0.3 is 15.3 Å². The molecule has 0 saturated carbocycles. The largest absolute Gasteiger partial charge is 0.395 e. The quantitative estimate of drug-likeness (QED) is 0.497. The molecule has 9 heteroatoms. The molecule has 4 atom stereocenters. The first-order chi connectivity index (χ1) is 8.45. The molecule has 0 aromatic carbocycles. The van der Waals surface area contributed by atoms with Crippen LogP contribution in [0.2, 0.25) is 0 Å². The Balaban J connectivity index is 2.42. The van der Waals surface area contributed by atoms with Crippen molar-refractivity contribution in [3.63, 3.8) is 0 Å². The topological polar surface area (TPSA) is 116 Å². The van der Waals surface area contributed by atoms with Crippen molar-refractivity contribution >= 4 is 11.8 Å². The second-order valence-electron chi connectivity index (χ2n) is 3.87. The lowest BCUT2D eigenvalue weighted by Gasteiger charge is -2.17. The maximum absolute atomic E-state index is 13.1. The van der Waals surface area contributed by atoms with Crippen LogP contribution in [0.3, 0.4) is 0 Å². The van der Waals surface area contributed by atoms with Crippen molar-refractivity contribution in [3.05, 3.63) is 32.9 Å². The lowest BCUT2D eigenvalue weighted by atomic mass is 10.1. The molecule has 1 aliphatic heterocycles. The first-order valence-electron chi connectivity index (χ1n) is 5.09. The summed E-state index contributed by atoms with van der Waals surface area (Å²) in [6.07, 6.45) is -1.89. The van der Waals surface area contributed by atoms with Crippen molar-refractivity contribution in [2.75, 3.05) is 6.61 Å². The van der Waals surface area contributed by atoms with Gasteiger partial charge in [0.25, 0.3) is 5.56 Å². The van der Waals surface area contributed by atoms with E-state index in [1.54, 1.807) is 4.98 Å². The third kappa shape index (κ3) is 2.09. The summed E-state index contributed by atoms with van der Waals surface area (Å²) in [5.74, 6) is -1.16. The van der Waals surface area contributed by atoms with Gasteiger partial charge in [0.2, 0.25) is 5.82 Å². The molecule has 2 rings (SSSR count). The normalized spacial score (nSPS) is 31.8. The van der Waals surface area contributed by atoms with E-state index in [0.29, 0.717) is 6.20 Å². The number of aromatic nitrogens is 2. The van der Waals surface area contributed by atoms with Gasteiger partial charge >= 0.3 is 5.69 Å². The zero-order valence-corrected chi connectivity index (χ0v) is 9.80. The minimum absolute atomic E-state index is 0.389. The van der Waals surface area contributed by atoms with Gasteiger partial charge in [-0.25, -0.2) is 4.79 Å². The van der Waals surface area contributed by atoms with Crippen LogP contribution in [0.25, 0.3) is 0 Å². The Hall–Kier alpha value is -1.16. The molecular weight excluding hydrogens is 267 g/mol. The second-order valence-corrected chi connectivity index (χ2v) is 5.23. The Morgan fingerprint density at radius 1 is 1.39 bits per heavy atom. The zero-order chi connectivity index (χ0) is 13.4. The lowest BCUT2D eigenvalue weighted by Crippen LogP contribution is -2.38. The fourth-order valence-corrected chi connectivity index (χ4v) is 3.14. The average molecular weight is 278 g/mol. The highest BCUT2D eigenvalue weighted by Crippen LogP contribution is 2.40. The fraction of sp³-hybridized carbons (Fsp3) is 0.556. The Morgan fingerprint density at radius 3 is 2.61 bits per heavy atom. The summed E-state index contributed by atoms with van der Waals surface area (Å²) in [6, 6.07) is 0. The van der Waals surface area contributed by atoms with Gasteiger partial charge in [-0.05, 0) is 0 Å². The van der Waals surface area contributed by atoms with E-state index >= 15 is 0 Å². The van der Waals surface area contributed by atoms with E-state index in [9.17, 15) is 24.2 Å². The van der Waals surface area contributed by atoms with Gasteiger partial charge in [0, 0.05) is 0 Å². The molecule has 1 saturated heterocycles. The molecule has 100 valence electrons. The zero-order valence-electron chi connectivity index (χ0n) is 8.99. The molecule has 0 amide bonds. The summed E-state index contributed by atoms with van der Waals surface area (Å²) >= 11 is 0.933. The smallest absolute Gasteiger partial charge is 0.329 e. The van der Waals surface area contributed by atoms with Gasteiger partial charge in [-0.1, -0.05) is 0 Å². The Kier molecular flexibility index (Phi) is 3.57. The number of halogens is 1. The molecule has 1 aromatic rings. The number of rotatable bonds is 2. The van der Waals surface area contributed by atoms with E-state index in [-0.39, 0.29) is 6.61 Å². The number of aromatic amines is 1. The van der Waals surface area contributed by atoms with Crippen molar-refractivity contribution in [1.82, 2.24) is 9.55 Å². The van der Waals surface area contributed by atoms with Crippen LogP contribution in [0.15, 0.2) is 15.8 Å². The molecule has 0 radical (unpaired) electrons. The number of hydrogen-bond donors (Lipinski definition) is 4. The highest BCUT2D eigenvalue weighted by molar-refractivity contribution is 8.00. The number of H-pyrrole nitrogens is 1. The number of aliphatic hydroxyl groups excluding tert-OH is 3. The van der Waals surface area contributed by atoms with Gasteiger partial charge in [0.05, 0.1) is 24.2 Å². The van der Waals surface area contributed by atoms with Crippen LogP contribution >= 0.6 is 11.8 Å². The number of hydrogen-bond acceptors (Lipinski definition) is 6. The van der Waals surface area contributed by atoms with Crippen LogP contribution in [-0.2, 0) is 0 Å². The molecule has 0 unspecified atom stereocenters. The summed E-state index contributed by atoms with van der Waals surface area (Å²) in [7, 11) is 0. The number of nitrogens with one attached hydrogen (secondary N) is 1. The third-order valence-electron chi connectivity index (χ3n) is 2.72. The van der Waals surface area contributed by atoms with E-state index in [1.165, 1.54) is 0 Å². The van der Waals surface area contributed by atoms with Crippen molar-refractivity contribution < 1.29 is 19.7 Å². The molecule has 4 N–H and O–H groups in total.